The lowest BCUT2D eigenvalue weighted by atomic mass is 9.71. The Morgan fingerprint density at radius 1 is 0.618 bits per heavy atom. The van der Waals surface area contributed by atoms with Crippen LogP contribution in [0.2, 0.25) is 0 Å². The number of hydrogen-bond acceptors (Lipinski definition) is 5. The molecular weight excluding hydrogens is 679 g/mol. The molecular formula is C50H43NO4. The molecule has 1 atom stereocenters. The van der Waals surface area contributed by atoms with Gasteiger partial charge < -0.3 is 18.9 Å². The van der Waals surface area contributed by atoms with Gasteiger partial charge in [-0.2, -0.15) is 0 Å². The number of benzene rings is 6. The Bertz CT molecular complexity index is 2530. The molecule has 0 bridgehead atoms. The molecule has 5 nitrogen and oxygen atoms in total. The molecule has 1 aliphatic carbocycles. The Kier molecular flexibility index (Phi) is 8.46. The van der Waals surface area contributed by atoms with Gasteiger partial charge in [0.25, 0.3) is 0 Å². The summed E-state index contributed by atoms with van der Waals surface area (Å²) in [5.74, 6) is 2.88. The minimum absolute atomic E-state index is 0.211. The van der Waals surface area contributed by atoms with Gasteiger partial charge in [-0.3, -0.25) is 0 Å². The van der Waals surface area contributed by atoms with E-state index in [4.69, 9.17) is 23.9 Å². The Morgan fingerprint density at radius 3 is 1.91 bits per heavy atom. The molecule has 0 saturated heterocycles. The summed E-state index contributed by atoms with van der Waals surface area (Å²) in [6.45, 7) is 4.61. The zero-order chi connectivity index (χ0) is 37.7. The number of pyridine rings is 1. The topological polar surface area (TPSA) is 49.8 Å². The Hall–Kier alpha value is -6.33. The van der Waals surface area contributed by atoms with Gasteiger partial charge >= 0.3 is 0 Å². The molecule has 272 valence electrons. The molecule has 0 radical (unpaired) electrons. The Balaban J connectivity index is 1.39. The van der Waals surface area contributed by atoms with Gasteiger partial charge in [0.1, 0.15) is 11.5 Å². The van der Waals surface area contributed by atoms with Crippen molar-refractivity contribution in [3.8, 4) is 56.5 Å². The summed E-state index contributed by atoms with van der Waals surface area (Å²) in [5, 5.41) is 2.02. The standard InChI is InChI=1S/C50H43NO4/c1-6-49(7-2)41-21-15-14-20-37(41)46-39-30-43(53-4)44(54-5)31-40(39)48-38(47(46)49)26-27-50(55-48,35-22-24-36(52-3)25-23-35)45-29-34(32-16-10-8-11-17-32)28-42(51-45)33-18-12-9-13-19-33/h8-31H,6-7H2,1-5H3. The van der Waals surface area contributed by atoms with Crippen LogP contribution >= 0.6 is 0 Å². The summed E-state index contributed by atoms with van der Waals surface area (Å²) >= 11 is 0. The van der Waals surface area contributed by atoms with Crippen molar-refractivity contribution in [3.05, 3.63) is 167 Å². The molecule has 0 fully saturated rings. The van der Waals surface area contributed by atoms with Crippen LogP contribution in [0.1, 0.15) is 54.6 Å². The molecule has 2 heterocycles. The predicted octanol–water partition coefficient (Wildman–Crippen LogP) is 12.0. The van der Waals surface area contributed by atoms with Gasteiger partial charge in [-0.15, -0.1) is 0 Å². The van der Waals surface area contributed by atoms with Gasteiger partial charge in [0.15, 0.2) is 17.1 Å². The van der Waals surface area contributed by atoms with E-state index in [1.165, 1.54) is 22.3 Å². The lowest BCUT2D eigenvalue weighted by Crippen LogP contribution is -2.36. The molecule has 0 saturated carbocycles. The summed E-state index contributed by atoms with van der Waals surface area (Å²) in [6.07, 6.45) is 6.40. The Labute approximate surface area is 322 Å². The first-order valence-corrected chi connectivity index (χ1v) is 19.0. The monoisotopic (exact) mass is 721 g/mol. The van der Waals surface area contributed by atoms with E-state index in [0.29, 0.717) is 11.5 Å². The number of ether oxygens (including phenoxy) is 4. The highest BCUT2D eigenvalue weighted by Crippen LogP contribution is 2.61. The molecule has 0 spiro atoms. The van der Waals surface area contributed by atoms with Crippen molar-refractivity contribution in [2.45, 2.75) is 37.7 Å². The molecule has 9 rings (SSSR count). The zero-order valence-corrected chi connectivity index (χ0v) is 31.9. The third-order valence-corrected chi connectivity index (χ3v) is 11.8. The molecule has 0 amide bonds. The fraction of sp³-hybridized carbons (Fsp3) is 0.180. The second-order valence-electron chi connectivity index (χ2n) is 14.3. The van der Waals surface area contributed by atoms with Gasteiger partial charge in [0.2, 0.25) is 0 Å². The molecule has 55 heavy (non-hydrogen) atoms. The van der Waals surface area contributed by atoms with Crippen molar-refractivity contribution in [2.75, 3.05) is 21.3 Å². The highest BCUT2D eigenvalue weighted by atomic mass is 16.5. The maximum Gasteiger partial charge on any atom is 0.194 e. The van der Waals surface area contributed by atoms with Crippen LogP contribution in [0.15, 0.2) is 140 Å². The Morgan fingerprint density at radius 2 is 1.25 bits per heavy atom. The van der Waals surface area contributed by atoms with E-state index in [1.54, 1.807) is 21.3 Å². The molecule has 6 aromatic carbocycles. The summed E-state index contributed by atoms with van der Waals surface area (Å²) < 4.78 is 25.3. The summed E-state index contributed by atoms with van der Waals surface area (Å²) in [6, 6.07) is 46.4. The van der Waals surface area contributed by atoms with Crippen LogP contribution in [-0.2, 0) is 11.0 Å². The second-order valence-corrected chi connectivity index (χ2v) is 14.3. The largest absolute Gasteiger partial charge is 0.497 e. The van der Waals surface area contributed by atoms with E-state index in [1.807, 2.05) is 24.3 Å². The van der Waals surface area contributed by atoms with Gasteiger partial charge in [-0.05, 0) is 94.1 Å². The van der Waals surface area contributed by atoms with E-state index < -0.39 is 5.60 Å². The fourth-order valence-electron chi connectivity index (χ4n) is 9.03. The molecule has 2 aliphatic rings. The lowest BCUT2D eigenvalue weighted by Gasteiger charge is -2.39. The van der Waals surface area contributed by atoms with Crippen molar-refractivity contribution in [1.29, 1.82) is 0 Å². The number of nitrogens with zero attached hydrogens (tertiary/aromatic N) is 1. The number of fused-ring (bicyclic) bond motifs is 8. The zero-order valence-electron chi connectivity index (χ0n) is 31.9. The maximum absolute atomic E-state index is 7.75. The number of hydrogen-bond donors (Lipinski definition) is 0. The van der Waals surface area contributed by atoms with Gasteiger partial charge in [-0.1, -0.05) is 117 Å². The predicted molar refractivity (Wildman–Crippen MR) is 222 cm³/mol. The maximum atomic E-state index is 7.75. The minimum atomic E-state index is -1.12. The number of aromatic nitrogens is 1. The van der Waals surface area contributed by atoms with E-state index in [-0.39, 0.29) is 5.41 Å². The van der Waals surface area contributed by atoms with E-state index in [0.717, 1.165) is 74.3 Å². The van der Waals surface area contributed by atoms with Gasteiger partial charge in [0.05, 0.1) is 32.7 Å². The van der Waals surface area contributed by atoms with Crippen LogP contribution in [0.5, 0.6) is 23.0 Å². The smallest absolute Gasteiger partial charge is 0.194 e. The molecule has 7 aromatic rings. The molecule has 0 N–H and O–H groups in total. The SMILES string of the molecule is CCC1(CC)c2ccccc2-c2c1c1c(c3cc(OC)c(OC)cc23)OC(c2ccc(OC)cc2)(c2cc(-c3ccccc3)cc(-c3ccccc3)n2)C=C1. The second kappa shape index (κ2) is 13.5. The first-order valence-electron chi connectivity index (χ1n) is 19.0. The average molecular weight is 722 g/mol. The van der Waals surface area contributed by atoms with Crippen molar-refractivity contribution >= 4 is 16.8 Å². The molecule has 5 heteroatoms. The summed E-state index contributed by atoms with van der Waals surface area (Å²) in [5.41, 5.74) is 10.6. The first-order chi connectivity index (χ1) is 27.0. The minimum Gasteiger partial charge on any atom is -0.497 e. The normalized spacial score (nSPS) is 16.2. The number of rotatable bonds is 9. The van der Waals surface area contributed by atoms with E-state index in [9.17, 15) is 0 Å². The van der Waals surface area contributed by atoms with Crippen LogP contribution in [0.4, 0.5) is 0 Å². The van der Waals surface area contributed by atoms with Crippen LogP contribution in [0, 0.1) is 0 Å². The highest BCUT2D eigenvalue weighted by molar-refractivity contribution is 6.09. The van der Waals surface area contributed by atoms with E-state index in [2.05, 4.69) is 135 Å². The van der Waals surface area contributed by atoms with Gasteiger partial charge in [-0.25, -0.2) is 4.98 Å². The van der Waals surface area contributed by atoms with Crippen LogP contribution in [0.25, 0.3) is 50.4 Å². The van der Waals surface area contributed by atoms with Crippen molar-refractivity contribution in [3.63, 3.8) is 0 Å². The summed E-state index contributed by atoms with van der Waals surface area (Å²) in [7, 11) is 5.07. The fourth-order valence-corrected chi connectivity index (χ4v) is 9.03. The molecule has 1 aliphatic heterocycles. The van der Waals surface area contributed by atoms with Crippen molar-refractivity contribution in [1.82, 2.24) is 4.98 Å². The van der Waals surface area contributed by atoms with Crippen LogP contribution in [-0.4, -0.2) is 26.3 Å². The lowest BCUT2D eigenvalue weighted by molar-refractivity contribution is 0.158. The van der Waals surface area contributed by atoms with Crippen molar-refractivity contribution < 1.29 is 18.9 Å². The quantitative estimate of drug-likeness (QED) is 0.149. The highest BCUT2D eigenvalue weighted by Gasteiger charge is 2.47. The van der Waals surface area contributed by atoms with Crippen molar-refractivity contribution in [2.24, 2.45) is 0 Å². The summed E-state index contributed by atoms with van der Waals surface area (Å²) in [4.78, 5) is 5.47. The third-order valence-electron chi connectivity index (χ3n) is 11.8. The first kappa shape index (κ1) is 34.4. The van der Waals surface area contributed by atoms with Crippen LogP contribution < -0.4 is 18.9 Å². The molecule has 1 aromatic heterocycles. The van der Waals surface area contributed by atoms with E-state index >= 15 is 0 Å². The molecule has 1 unspecified atom stereocenters. The number of methoxy groups -OCH3 is 3. The third kappa shape index (κ3) is 5.25. The average Bonchev–Trinajstić information content (AvgIpc) is 3.57. The van der Waals surface area contributed by atoms with Gasteiger partial charge in [0, 0.05) is 27.5 Å². The van der Waals surface area contributed by atoms with Crippen LogP contribution in [0.3, 0.4) is 0 Å².